The van der Waals surface area contributed by atoms with E-state index in [0.29, 0.717) is 24.3 Å². The van der Waals surface area contributed by atoms with Crippen LogP contribution in [-0.2, 0) is 0 Å². The first-order valence-corrected chi connectivity index (χ1v) is 7.63. The molecule has 1 amide bonds. The van der Waals surface area contributed by atoms with Gasteiger partial charge < -0.3 is 15.0 Å². The van der Waals surface area contributed by atoms with Crippen LogP contribution in [0.25, 0.3) is 0 Å². The minimum absolute atomic E-state index is 0.0507. The second-order valence-electron chi connectivity index (χ2n) is 5.49. The Hall–Kier alpha value is -2.70. The van der Waals surface area contributed by atoms with Crippen LogP contribution in [0.15, 0.2) is 48.8 Å². The first-order valence-electron chi connectivity index (χ1n) is 7.63. The number of nitrogens with zero attached hydrogens (tertiary/aromatic N) is 2. The molecule has 1 fully saturated rings. The first kappa shape index (κ1) is 16.2. The standard InChI is InChI=1S/C17H17F2N3O2/c18-17(19)24-15-4-2-1-3-14(15)22-10-7-13(11-22)21-16(23)12-5-8-20-9-6-12/h1-6,8-9,13,17H,7,10-11H2,(H,21,23)/t13-/m0/s1. The molecule has 1 aromatic carbocycles. The molecule has 24 heavy (non-hydrogen) atoms. The van der Waals surface area contributed by atoms with Gasteiger partial charge in [-0.15, -0.1) is 0 Å². The Kier molecular flexibility index (Phi) is 4.88. The number of rotatable bonds is 5. The van der Waals surface area contributed by atoms with Gasteiger partial charge >= 0.3 is 6.61 Å². The molecule has 1 aliphatic rings. The molecule has 2 aromatic rings. The van der Waals surface area contributed by atoms with E-state index in [9.17, 15) is 13.6 Å². The highest BCUT2D eigenvalue weighted by Gasteiger charge is 2.26. The Morgan fingerprint density at radius 3 is 2.75 bits per heavy atom. The average Bonchev–Trinajstić information content (AvgIpc) is 3.04. The maximum Gasteiger partial charge on any atom is 0.387 e. The lowest BCUT2D eigenvalue weighted by Gasteiger charge is -2.22. The summed E-state index contributed by atoms with van der Waals surface area (Å²) in [5.41, 5.74) is 1.16. The van der Waals surface area contributed by atoms with Crippen molar-refractivity contribution >= 4 is 11.6 Å². The summed E-state index contributed by atoms with van der Waals surface area (Å²) in [6.07, 6.45) is 3.86. The van der Waals surface area contributed by atoms with E-state index in [4.69, 9.17) is 0 Å². The van der Waals surface area contributed by atoms with Gasteiger partial charge in [-0.25, -0.2) is 0 Å². The Morgan fingerprint density at radius 1 is 1.25 bits per heavy atom. The van der Waals surface area contributed by atoms with Crippen LogP contribution in [0.1, 0.15) is 16.8 Å². The van der Waals surface area contributed by atoms with Crippen molar-refractivity contribution in [2.24, 2.45) is 0 Å². The second-order valence-corrected chi connectivity index (χ2v) is 5.49. The predicted molar refractivity (Wildman–Crippen MR) is 85.4 cm³/mol. The highest BCUT2D eigenvalue weighted by Crippen LogP contribution is 2.31. The molecule has 126 valence electrons. The van der Waals surface area contributed by atoms with Crippen molar-refractivity contribution in [1.82, 2.24) is 10.3 Å². The van der Waals surface area contributed by atoms with Crippen LogP contribution in [-0.4, -0.2) is 36.6 Å². The number of benzene rings is 1. The third-order valence-electron chi connectivity index (χ3n) is 3.89. The van der Waals surface area contributed by atoms with Crippen LogP contribution in [0, 0.1) is 0 Å². The molecule has 0 unspecified atom stereocenters. The Morgan fingerprint density at radius 2 is 2.00 bits per heavy atom. The van der Waals surface area contributed by atoms with Crippen LogP contribution in [0.3, 0.4) is 0 Å². The van der Waals surface area contributed by atoms with Gasteiger partial charge in [-0.2, -0.15) is 8.78 Å². The molecule has 3 rings (SSSR count). The van der Waals surface area contributed by atoms with Crippen molar-refractivity contribution in [3.63, 3.8) is 0 Å². The molecule has 0 saturated carbocycles. The minimum Gasteiger partial charge on any atom is -0.433 e. The largest absolute Gasteiger partial charge is 0.433 e. The van der Waals surface area contributed by atoms with E-state index in [2.05, 4.69) is 15.0 Å². The number of halogens is 2. The van der Waals surface area contributed by atoms with Gasteiger partial charge in [0.25, 0.3) is 5.91 Å². The quantitative estimate of drug-likeness (QED) is 0.914. The highest BCUT2D eigenvalue weighted by molar-refractivity contribution is 5.94. The predicted octanol–water partition coefficient (Wildman–Crippen LogP) is 2.69. The highest BCUT2D eigenvalue weighted by atomic mass is 19.3. The number of anilines is 1. The van der Waals surface area contributed by atoms with E-state index in [0.717, 1.165) is 6.42 Å². The van der Waals surface area contributed by atoms with Crippen molar-refractivity contribution in [1.29, 1.82) is 0 Å². The van der Waals surface area contributed by atoms with Crippen LogP contribution in [0.5, 0.6) is 5.75 Å². The van der Waals surface area contributed by atoms with Crippen molar-refractivity contribution in [2.45, 2.75) is 19.1 Å². The Balaban J connectivity index is 1.65. The van der Waals surface area contributed by atoms with E-state index >= 15 is 0 Å². The number of hydrogen-bond acceptors (Lipinski definition) is 4. The average molecular weight is 333 g/mol. The summed E-state index contributed by atoms with van der Waals surface area (Å²) in [4.78, 5) is 18.0. The summed E-state index contributed by atoms with van der Waals surface area (Å²) in [5.74, 6) is -0.0185. The zero-order chi connectivity index (χ0) is 16.9. The fourth-order valence-electron chi connectivity index (χ4n) is 2.78. The lowest BCUT2D eigenvalue weighted by molar-refractivity contribution is -0.0495. The van der Waals surface area contributed by atoms with Crippen molar-refractivity contribution in [2.75, 3.05) is 18.0 Å². The zero-order valence-corrected chi connectivity index (χ0v) is 12.9. The topological polar surface area (TPSA) is 54.5 Å². The van der Waals surface area contributed by atoms with Gasteiger partial charge in [0, 0.05) is 37.1 Å². The van der Waals surface area contributed by atoms with Crippen LogP contribution in [0.4, 0.5) is 14.5 Å². The number of carbonyl (C=O) groups is 1. The normalized spacial score (nSPS) is 17.1. The second kappa shape index (κ2) is 7.25. The molecule has 0 radical (unpaired) electrons. The van der Waals surface area contributed by atoms with Gasteiger partial charge in [0.05, 0.1) is 5.69 Å². The van der Waals surface area contributed by atoms with E-state index < -0.39 is 6.61 Å². The maximum absolute atomic E-state index is 12.5. The van der Waals surface area contributed by atoms with Crippen LogP contribution in [0.2, 0.25) is 0 Å². The van der Waals surface area contributed by atoms with Gasteiger partial charge in [-0.3, -0.25) is 9.78 Å². The number of hydrogen-bond donors (Lipinski definition) is 1. The summed E-state index contributed by atoms with van der Waals surface area (Å²) in [6.45, 7) is -1.67. The number of nitrogens with one attached hydrogen (secondary N) is 1. The molecule has 1 atom stereocenters. The van der Waals surface area contributed by atoms with E-state index in [1.807, 2.05) is 4.90 Å². The number of amides is 1. The first-order chi connectivity index (χ1) is 11.6. The molecule has 1 N–H and O–H groups in total. The van der Waals surface area contributed by atoms with Gasteiger partial charge in [-0.1, -0.05) is 12.1 Å². The molecule has 1 aliphatic heterocycles. The van der Waals surface area contributed by atoms with Crippen molar-refractivity contribution < 1.29 is 18.3 Å². The lowest BCUT2D eigenvalue weighted by atomic mass is 10.2. The third-order valence-corrected chi connectivity index (χ3v) is 3.89. The SMILES string of the molecule is O=C(N[C@H]1CCN(c2ccccc2OC(F)F)C1)c1ccncc1. The molecule has 2 heterocycles. The number of para-hydroxylation sites is 2. The lowest BCUT2D eigenvalue weighted by Crippen LogP contribution is -2.37. The monoisotopic (exact) mass is 333 g/mol. The molecular weight excluding hydrogens is 316 g/mol. The fourth-order valence-corrected chi connectivity index (χ4v) is 2.78. The van der Waals surface area contributed by atoms with Crippen molar-refractivity contribution in [3.05, 3.63) is 54.4 Å². The minimum atomic E-state index is -2.86. The molecule has 1 aromatic heterocycles. The molecule has 0 bridgehead atoms. The summed E-state index contributed by atoms with van der Waals surface area (Å²) < 4.78 is 29.6. The number of ether oxygens (including phenoxy) is 1. The molecule has 7 heteroatoms. The summed E-state index contributed by atoms with van der Waals surface area (Å²) >= 11 is 0. The van der Waals surface area contributed by atoms with E-state index in [1.165, 1.54) is 6.07 Å². The zero-order valence-electron chi connectivity index (χ0n) is 12.9. The number of aromatic nitrogens is 1. The van der Waals surface area contributed by atoms with E-state index in [1.54, 1.807) is 42.7 Å². The van der Waals surface area contributed by atoms with Crippen LogP contribution >= 0.6 is 0 Å². The van der Waals surface area contributed by atoms with Gasteiger partial charge in [0.1, 0.15) is 5.75 Å². The Labute approximate surface area is 138 Å². The molecule has 0 spiro atoms. The summed E-state index contributed by atoms with van der Waals surface area (Å²) in [7, 11) is 0. The Bertz CT molecular complexity index is 697. The summed E-state index contributed by atoms with van der Waals surface area (Å²) in [5, 5.41) is 2.96. The number of pyridine rings is 1. The molecule has 5 nitrogen and oxygen atoms in total. The van der Waals surface area contributed by atoms with Gasteiger partial charge in [-0.05, 0) is 30.7 Å². The number of alkyl halides is 2. The maximum atomic E-state index is 12.5. The third kappa shape index (κ3) is 3.79. The summed E-state index contributed by atoms with van der Waals surface area (Å²) in [6, 6.07) is 9.93. The van der Waals surface area contributed by atoms with Crippen LogP contribution < -0.4 is 15.0 Å². The fraction of sp³-hybridized carbons (Fsp3) is 0.294. The van der Waals surface area contributed by atoms with Crippen molar-refractivity contribution in [3.8, 4) is 5.75 Å². The number of carbonyl (C=O) groups excluding carboxylic acids is 1. The molecule has 1 saturated heterocycles. The smallest absolute Gasteiger partial charge is 0.387 e. The van der Waals surface area contributed by atoms with Gasteiger partial charge in [0.15, 0.2) is 0 Å². The van der Waals surface area contributed by atoms with Gasteiger partial charge in [0.2, 0.25) is 0 Å². The molecular formula is C17H17F2N3O2. The molecule has 0 aliphatic carbocycles. The van der Waals surface area contributed by atoms with E-state index in [-0.39, 0.29) is 17.7 Å².